The molecule has 0 aromatic carbocycles. The second-order valence-electron chi connectivity index (χ2n) is 3.69. The molecular weight excluding hydrogens is 276 g/mol. The summed E-state index contributed by atoms with van der Waals surface area (Å²) in [5, 5.41) is 6.53. The maximum atomic E-state index is 12.1. The van der Waals surface area contributed by atoms with Gasteiger partial charge < -0.3 is 0 Å². The van der Waals surface area contributed by atoms with Crippen molar-refractivity contribution in [2.75, 3.05) is 0 Å². The normalized spacial score (nSPS) is 13.4. The van der Waals surface area contributed by atoms with E-state index in [1.807, 2.05) is 0 Å². The van der Waals surface area contributed by atoms with E-state index < -0.39 is 10.0 Å². The van der Waals surface area contributed by atoms with Gasteiger partial charge in [0.15, 0.2) is 0 Å². The molecule has 0 aliphatic carbocycles. The minimum atomic E-state index is -3.62. The molecule has 2 heterocycles. The van der Waals surface area contributed by atoms with Crippen LogP contribution in [0.1, 0.15) is 18.5 Å². The SMILES string of the molecule is CC(NS(=O)(=O)c1ccnc(Cl)c1)c1cn[nH]c1. The molecule has 8 heteroatoms. The first kappa shape index (κ1) is 13.0. The molecule has 96 valence electrons. The topological polar surface area (TPSA) is 87.7 Å². The molecule has 0 aliphatic heterocycles. The molecule has 6 nitrogen and oxygen atoms in total. The third-order valence-electron chi connectivity index (χ3n) is 2.36. The fourth-order valence-electron chi connectivity index (χ4n) is 1.42. The van der Waals surface area contributed by atoms with E-state index in [-0.39, 0.29) is 16.1 Å². The lowest BCUT2D eigenvalue weighted by Gasteiger charge is -2.12. The number of hydrogen-bond donors (Lipinski definition) is 2. The average molecular weight is 287 g/mol. The van der Waals surface area contributed by atoms with Gasteiger partial charge in [-0.25, -0.2) is 18.1 Å². The van der Waals surface area contributed by atoms with E-state index in [4.69, 9.17) is 11.6 Å². The molecule has 2 aromatic rings. The van der Waals surface area contributed by atoms with Gasteiger partial charge in [0.05, 0.1) is 11.1 Å². The monoisotopic (exact) mass is 286 g/mol. The van der Waals surface area contributed by atoms with Crippen molar-refractivity contribution in [2.24, 2.45) is 0 Å². The highest BCUT2D eigenvalue weighted by atomic mass is 35.5. The number of rotatable bonds is 4. The Hall–Kier alpha value is -1.44. The number of nitrogens with one attached hydrogen (secondary N) is 2. The van der Waals surface area contributed by atoms with Crippen LogP contribution in [0.5, 0.6) is 0 Å². The van der Waals surface area contributed by atoms with Gasteiger partial charge in [0.1, 0.15) is 5.15 Å². The van der Waals surface area contributed by atoms with Crippen molar-refractivity contribution in [2.45, 2.75) is 17.9 Å². The van der Waals surface area contributed by atoms with Gasteiger partial charge in [0.25, 0.3) is 0 Å². The number of aromatic nitrogens is 3. The van der Waals surface area contributed by atoms with Crippen LogP contribution in [0.4, 0.5) is 0 Å². The number of pyridine rings is 1. The van der Waals surface area contributed by atoms with Gasteiger partial charge >= 0.3 is 0 Å². The van der Waals surface area contributed by atoms with Crippen molar-refractivity contribution in [3.05, 3.63) is 41.4 Å². The van der Waals surface area contributed by atoms with Crippen molar-refractivity contribution < 1.29 is 8.42 Å². The van der Waals surface area contributed by atoms with E-state index in [2.05, 4.69) is 19.9 Å². The molecule has 0 aliphatic rings. The third kappa shape index (κ3) is 2.87. The number of hydrogen-bond acceptors (Lipinski definition) is 4. The fraction of sp³-hybridized carbons (Fsp3) is 0.200. The molecule has 0 saturated carbocycles. The van der Waals surface area contributed by atoms with Crippen LogP contribution in [-0.4, -0.2) is 23.6 Å². The maximum Gasteiger partial charge on any atom is 0.241 e. The van der Waals surface area contributed by atoms with Gasteiger partial charge in [0, 0.05) is 24.0 Å². The van der Waals surface area contributed by atoms with E-state index in [0.29, 0.717) is 0 Å². The summed E-state index contributed by atoms with van der Waals surface area (Å²) in [4.78, 5) is 3.82. The van der Waals surface area contributed by atoms with Crippen LogP contribution in [0.2, 0.25) is 5.15 Å². The molecule has 2 aromatic heterocycles. The zero-order chi connectivity index (χ0) is 13.2. The first-order chi connectivity index (χ1) is 8.49. The number of nitrogens with zero attached hydrogens (tertiary/aromatic N) is 2. The highest BCUT2D eigenvalue weighted by Crippen LogP contribution is 2.17. The van der Waals surface area contributed by atoms with Gasteiger partial charge in [0.2, 0.25) is 10.0 Å². The van der Waals surface area contributed by atoms with Crippen LogP contribution in [0.3, 0.4) is 0 Å². The highest BCUT2D eigenvalue weighted by Gasteiger charge is 2.19. The lowest BCUT2D eigenvalue weighted by molar-refractivity contribution is 0.567. The summed E-state index contributed by atoms with van der Waals surface area (Å²) in [6.45, 7) is 1.73. The Bertz CT molecular complexity index is 627. The molecular formula is C10H11ClN4O2S. The summed E-state index contributed by atoms with van der Waals surface area (Å²) in [5.41, 5.74) is 0.749. The first-order valence-electron chi connectivity index (χ1n) is 5.11. The van der Waals surface area contributed by atoms with Crippen molar-refractivity contribution in [3.8, 4) is 0 Å². The number of halogens is 1. The molecule has 2 rings (SSSR count). The summed E-state index contributed by atoms with van der Waals surface area (Å²) in [6.07, 6.45) is 4.54. The quantitative estimate of drug-likeness (QED) is 0.834. The first-order valence-corrected chi connectivity index (χ1v) is 6.98. The van der Waals surface area contributed by atoms with Gasteiger partial charge in [-0.15, -0.1) is 0 Å². The molecule has 0 spiro atoms. The largest absolute Gasteiger partial charge is 0.285 e. The van der Waals surface area contributed by atoms with Crippen LogP contribution < -0.4 is 4.72 Å². The summed E-state index contributed by atoms with van der Waals surface area (Å²) in [5.74, 6) is 0. The molecule has 2 N–H and O–H groups in total. The lowest BCUT2D eigenvalue weighted by atomic mass is 10.2. The highest BCUT2D eigenvalue weighted by molar-refractivity contribution is 7.89. The smallest absolute Gasteiger partial charge is 0.241 e. The summed E-state index contributed by atoms with van der Waals surface area (Å²) in [6, 6.07) is 2.29. The molecule has 1 atom stereocenters. The summed E-state index contributed by atoms with van der Waals surface area (Å²) < 4.78 is 26.7. The second kappa shape index (κ2) is 5.05. The number of H-pyrrole nitrogens is 1. The molecule has 0 amide bonds. The lowest BCUT2D eigenvalue weighted by Crippen LogP contribution is -2.26. The van der Waals surface area contributed by atoms with E-state index in [1.165, 1.54) is 18.3 Å². The van der Waals surface area contributed by atoms with E-state index in [9.17, 15) is 8.42 Å². The Kier molecular flexibility index (Phi) is 3.65. The Balaban J connectivity index is 2.22. The van der Waals surface area contributed by atoms with E-state index >= 15 is 0 Å². The minimum absolute atomic E-state index is 0.0813. The van der Waals surface area contributed by atoms with Gasteiger partial charge in [-0.3, -0.25) is 5.10 Å². The Morgan fingerprint density at radius 2 is 2.28 bits per heavy atom. The van der Waals surface area contributed by atoms with Crippen LogP contribution in [0.15, 0.2) is 35.6 Å². The molecule has 18 heavy (non-hydrogen) atoms. The third-order valence-corrected chi connectivity index (χ3v) is 4.10. The fourth-order valence-corrected chi connectivity index (χ4v) is 2.90. The molecule has 0 bridgehead atoms. The molecule has 0 radical (unpaired) electrons. The predicted octanol–water partition coefficient (Wildman–Crippen LogP) is 1.50. The zero-order valence-electron chi connectivity index (χ0n) is 9.46. The summed E-state index contributed by atoms with van der Waals surface area (Å²) >= 11 is 5.67. The van der Waals surface area contributed by atoms with E-state index in [1.54, 1.807) is 19.3 Å². The Morgan fingerprint density at radius 3 is 2.89 bits per heavy atom. The van der Waals surface area contributed by atoms with Crippen LogP contribution in [0.25, 0.3) is 0 Å². The van der Waals surface area contributed by atoms with Gasteiger partial charge in [-0.05, 0) is 19.1 Å². The Labute approximate surface area is 109 Å². The summed E-state index contributed by atoms with van der Waals surface area (Å²) in [7, 11) is -3.62. The second-order valence-corrected chi connectivity index (χ2v) is 5.79. The van der Waals surface area contributed by atoms with Gasteiger partial charge in [-0.1, -0.05) is 11.6 Å². The number of sulfonamides is 1. The minimum Gasteiger partial charge on any atom is -0.285 e. The van der Waals surface area contributed by atoms with Crippen molar-refractivity contribution in [1.29, 1.82) is 0 Å². The Morgan fingerprint density at radius 1 is 1.50 bits per heavy atom. The zero-order valence-corrected chi connectivity index (χ0v) is 11.0. The van der Waals surface area contributed by atoms with Crippen molar-refractivity contribution in [1.82, 2.24) is 19.9 Å². The standard InChI is InChI=1S/C10H11ClN4O2S/c1-7(8-5-13-14-6-8)15-18(16,17)9-2-3-12-10(11)4-9/h2-7,15H,1H3,(H,13,14). The average Bonchev–Trinajstić information content (AvgIpc) is 2.82. The number of aromatic amines is 1. The van der Waals surface area contributed by atoms with Crippen molar-refractivity contribution in [3.63, 3.8) is 0 Å². The molecule has 0 fully saturated rings. The predicted molar refractivity (Wildman–Crippen MR) is 66.6 cm³/mol. The van der Waals surface area contributed by atoms with Gasteiger partial charge in [-0.2, -0.15) is 5.10 Å². The molecule has 1 unspecified atom stereocenters. The van der Waals surface area contributed by atoms with Crippen LogP contribution in [-0.2, 0) is 10.0 Å². The van der Waals surface area contributed by atoms with Crippen LogP contribution in [0, 0.1) is 0 Å². The van der Waals surface area contributed by atoms with Crippen molar-refractivity contribution >= 4 is 21.6 Å². The maximum absolute atomic E-state index is 12.1. The molecule has 0 saturated heterocycles. The van der Waals surface area contributed by atoms with E-state index in [0.717, 1.165) is 5.56 Å². The van der Waals surface area contributed by atoms with Crippen LogP contribution >= 0.6 is 11.6 Å².